The molecule has 1 aromatic carbocycles. The van der Waals surface area contributed by atoms with E-state index in [1.807, 2.05) is 29.1 Å². The average molecular weight is 241 g/mol. The third-order valence-corrected chi connectivity index (χ3v) is 3.84. The number of nitrogens with two attached hydrogens (primary N) is 1. The average Bonchev–Trinajstić information content (AvgIpc) is 2.83. The number of hydrogen-bond donors (Lipinski definition) is 1. The molecule has 3 rings (SSSR count). The molecule has 18 heavy (non-hydrogen) atoms. The van der Waals surface area contributed by atoms with Crippen LogP contribution in [0.3, 0.4) is 0 Å². The van der Waals surface area contributed by atoms with Crippen molar-refractivity contribution in [3.8, 4) is 11.1 Å². The molecule has 1 aromatic heterocycles. The second-order valence-electron chi connectivity index (χ2n) is 5.05. The zero-order valence-electron chi connectivity index (χ0n) is 10.5. The highest BCUT2D eigenvalue weighted by atomic mass is 15.3. The third kappa shape index (κ3) is 2.01. The van der Waals surface area contributed by atoms with Gasteiger partial charge in [-0.05, 0) is 18.4 Å². The predicted molar refractivity (Wildman–Crippen MR) is 74.2 cm³/mol. The summed E-state index contributed by atoms with van der Waals surface area (Å²) < 4.78 is 2.03. The summed E-state index contributed by atoms with van der Waals surface area (Å²) in [7, 11) is 0. The Morgan fingerprint density at radius 1 is 1.06 bits per heavy atom. The van der Waals surface area contributed by atoms with Crippen molar-refractivity contribution >= 4 is 5.82 Å². The molecule has 0 bridgehead atoms. The van der Waals surface area contributed by atoms with Gasteiger partial charge in [-0.2, -0.15) is 5.10 Å². The Kier molecular flexibility index (Phi) is 3.05. The fraction of sp³-hybridized carbons (Fsp3) is 0.400. The van der Waals surface area contributed by atoms with Crippen LogP contribution < -0.4 is 5.73 Å². The Balaban J connectivity index is 1.92. The lowest BCUT2D eigenvalue weighted by molar-refractivity contribution is 0.333. The third-order valence-electron chi connectivity index (χ3n) is 3.84. The van der Waals surface area contributed by atoms with E-state index in [9.17, 15) is 0 Å². The van der Waals surface area contributed by atoms with E-state index >= 15 is 0 Å². The first kappa shape index (κ1) is 11.3. The quantitative estimate of drug-likeness (QED) is 0.872. The molecule has 3 heteroatoms. The molecular weight excluding hydrogens is 222 g/mol. The Bertz CT molecular complexity index is 510. The Hall–Kier alpha value is -1.77. The molecule has 0 unspecified atom stereocenters. The molecule has 0 amide bonds. The van der Waals surface area contributed by atoms with Crippen LogP contribution >= 0.6 is 0 Å². The second kappa shape index (κ2) is 4.84. The van der Waals surface area contributed by atoms with Crippen molar-refractivity contribution in [3.05, 3.63) is 36.5 Å². The van der Waals surface area contributed by atoms with Gasteiger partial charge in [0.15, 0.2) is 0 Å². The van der Waals surface area contributed by atoms with Crippen molar-refractivity contribution in [1.82, 2.24) is 9.78 Å². The predicted octanol–water partition coefficient (Wildman–Crippen LogP) is 3.64. The van der Waals surface area contributed by atoms with Gasteiger partial charge in [-0.3, -0.25) is 0 Å². The largest absolute Gasteiger partial charge is 0.383 e. The van der Waals surface area contributed by atoms with E-state index in [0.717, 1.165) is 16.9 Å². The SMILES string of the molecule is Nc1c(-c2ccccc2)cnn1C1CCCCC1. The maximum atomic E-state index is 6.27. The zero-order chi connectivity index (χ0) is 12.4. The fourth-order valence-corrected chi connectivity index (χ4v) is 2.83. The molecule has 0 atom stereocenters. The molecule has 1 aliphatic carbocycles. The molecule has 2 N–H and O–H groups in total. The number of aromatic nitrogens is 2. The Morgan fingerprint density at radius 2 is 1.78 bits per heavy atom. The normalized spacial score (nSPS) is 16.9. The molecule has 1 aliphatic rings. The number of anilines is 1. The lowest BCUT2D eigenvalue weighted by Gasteiger charge is -2.23. The molecule has 0 aliphatic heterocycles. The molecular formula is C15H19N3. The molecule has 0 spiro atoms. The van der Waals surface area contributed by atoms with Crippen molar-refractivity contribution in [2.75, 3.05) is 5.73 Å². The van der Waals surface area contributed by atoms with Gasteiger partial charge in [0.05, 0.1) is 12.2 Å². The van der Waals surface area contributed by atoms with Gasteiger partial charge in [0, 0.05) is 5.56 Å². The van der Waals surface area contributed by atoms with Gasteiger partial charge in [-0.1, -0.05) is 49.6 Å². The lowest BCUT2D eigenvalue weighted by Crippen LogP contribution is -2.16. The number of rotatable bonds is 2. The molecule has 0 radical (unpaired) electrons. The zero-order valence-corrected chi connectivity index (χ0v) is 10.5. The van der Waals surface area contributed by atoms with Gasteiger partial charge in [0.25, 0.3) is 0 Å². The van der Waals surface area contributed by atoms with Crippen LogP contribution in [0.15, 0.2) is 36.5 Å². The van der Waals surface area contributed by atoms with E-state index in [-0.39, 0.29) is 0 Å². The molecule has 3 nitrogen and oxygen atoms in total. The van der Waals surface area contributed by atoms with E-state index < -0.39 is 0 Å². The summed E-state index contributed by atoms with van der Waals surface area (Å²) in [5.74, 6) is 0.813. The van der Waals surface area contributed by atoms with Crippen molar-refractivity contribution < 1.29 is 0 Å². The van der Waals surface area contributed by atoms with Crippen LogP contribution in [-0.4, -0.2) is 9.78 Å². The summed E-state index contributed by atoms with van der Waals surface area (Å²) >= 11 is 0. The van der Waals surface area contributed by atoms with Gasteiger partial charge in [-0.25, -0.2) is 4.68 Å². The van der Waals surface area contributed by atoms with Gasteiger partial charge in [0.2, 0.25) is 0 Å². The van der Waals surface area contributed by atoms with Gasteiger partial charge < -0.3 is 5.73 Å². The highest BCUT2D eigenvalue weighted by Gasteiger charge is 2.19. The summed E-state index contributed by atoms with van der Waals surface area (Å²) in [6, 6.07) is 10.7. The Morgan fingerprint density at radius 3 is 2.50 bits per heavy atom. The minimum Gasteiger partial charge on any atom is -0.383 e. The van der Waals surface area contributed by atoms with Crippen LogP contribution in [0.2, 0.25) is 0 Å². The molecule has 0 saturated heterocycles. The molecule has 1 fully saturated rings. The lowest BCUT2D eigenvalue weighted by atomic mass is 9.95. The van der Waals surface area contributed by atoms with Crippen molar-refractivity contribution in [2.45, 2.75) is 38.1 Å². The first-order valence-corrected chi connectivity index (χ1v) is 6.74. The number of nitrogen functional groups attached to an aromatic ring is 1. The van der Waals surface area contributed by atoms with E-state index in [2.05, 4.69) is 17.2 Å². The number of benzene rings is 1. The standard InChI is InChI=1S/C15H19N3/c16-15-14(12-7-3-1-4-8-12)11-17-18(15)13-9-5-2-6-10-13/h1,3-4,7-8,11,13H,2,5-6,9-10,16H2. The first-order chi connectivity index (χ1) is 8.86. The van der Waals surface area contributed by atoms with E-state index in [1.54, 1.807) is 0 Å². The van der Waals surface area contributed by atoms with Crippen LogP contribution in [0.25, 0.3) is 11.1 Å². The fourth-order valence-electron chi connectivity index (χ4n) is 2.83. The van der Waals surface area contributed by atoms with E-state index in [0.29, 0.717) is 6.04 Å². The summed E-state index contributed by atoms with van der Waals surface area (Å²) in [4.78, 5) is 0. The van der Waals surface area contributed by atoms with E-state index in [1.165, 1.54) is 32.1 Å². The van der Waals surface area contributed by atoms with Crippen molar-refractivity contribution in [3.63, 3.8) is 0 Å². The summed E-state index contributed by atoms with van der Waals surface area (Å²) in [6.45, 7) is 0. The monoisotopic (exact) mass is 241 g/mol. The molecule has 1 saturated carbocycles. The highest BCUT2D eigenvalue weighted by molar-refractivity contribution is 5.73. The number of hydrogen-bond acceptors (Lipinski definition) is 2. The summed E-state index contributed by atoms with van der Waals surface area (Å²) in [6.07, 6.45) is 8.26. The summed E-state index contributed by atoms with van der Waals surface area (Å²) in [5, 5.41) is 4.51. The minimum atomic E-state index is 0.496. The van der Waals surface area contributed by atoms with Gasteiger partial charge >= 0.3 is 0 Å². The smallest absolute Gasteiger partial charge is 0.129 e. The number of nitrogens with zero attached hydrogens (tertiary/aromatic N) is 2. The van der Waals surface area contributed by atoms with Crippen LogP contribution in [0, 0.1) is 0 Å². The molecule has 2 aromatic rings. The van der Waals surface area contributed by atoms with Crippen LogP contribution in [0.4, 0.5) is 5.82 Å². The van der Waals surface area contributed by atoms with E-state index in [4.69, 9.17) is 5.73 Å². The topological polar surface area (TPSA) is 43.8 Å². The molecule has 1 heterocycles. The first-order valence-electron chi connectivity index (χ1n) is 6.74. The van der Waals surface area contributed by atoms with Crippen LogP contribution in [0.1, 0.15) is 38.1 Å². The Labute approximate surface area is 108 Å². The van der Waals surface area contributed by atoms with Gasteiger partial charge in [0.1, 0.15) is 5.82 Å². The highest BCUT2D eigenvalue weighted by Crippen LogP contribution is 2.33. The van der Waals surface area contributed by atoms with Crippen LogP contribution in [0.5, 0.6) is 0 Å². The van der Waals surface area contributed by atoms with Crippen molar-refractivity contribution in [1.29, 1.82) is 0 Å². The molecule has 94 valence electrons. The minimum absolute atomic E-state index is 0.496. The maximum absolute atomic E-state index is 6.27. The summed E-state index contributed by atoms with van der Waals surface area (Å²) in [5.41, 5.74) is 8.47. The van der Waals surface area contributed by atoms with Gasteiger partial charge in [-0.15, -0.1) is 0 Å². The maximum Gasteiger partial charge on any atom is 0.129 e. The van der Waals surface area contributed by atoms with Crippen LogP contribution in [-0.2, 0) is 0 Å². The van der Waals surface area contributed by atoms with Crippen molar-refractivity contribution in [2.24, 2.45) is 0 Å². The second-order valence-corrected chi connectivity index (χ2v) is 5.05.